The lowest BCUT2D eigenvalue weighted by Gasteiger charge is -2.14. The molecule has 1 fully saturated rings. The van der Waals surface area contributed by atoms with Crippen LogP contribution in [0.15, 0.2) is 30.6 Å². The van der Waals surface area contributed by atoms with Gasteiger partial charge in [-0.05, 0) is 45.1 Å². The molecule has 0 bridgehead atoms. The molecule has 3 aromatic heterocycles. The quantitative estimate of drug-likeness (QED) is 0.458. The second kappa shape index (κ2) is 9.39. The van der Waals surface area contributed by atoms with Gasteiger partial charge in [0.2, 0.25) is 5.88 Å². The third-order valence-corrected chi connectivity index (χ3v) is 4.99. The molecule has 0 radical (unpaired) electrons. The number of aromatic nitrogens is 3. The Hall–Kier alpha value is -3.40. The van der Waals surface area contributed by atoms with E-state index >= 15 is 0 Å². The van der Waals surface area contributed by atoms with Crippen molar-refractivity contribution in [3.8, 4) is 22.8 Å². The smallest absolute Gasteiger partial charge is 0.320 e. The monoisotopic (exact) mass is 448 g/mol. The van der Waals surface area contributed by atoms with Crippen LogP contribution in [0.25, 0.3) is 22.2 Å². The molecule has 3 N–H and O–H groups in total. The summed E-state index contributed by atoms with van der Waals surface area (Å²) < 4.78 is 25.3. The predicted molar refractivity (Wildman–Crippen MR) is 126 cm³/mol. The summed E-state index contributed by atoms with van der Waals surface area (Å²) in [5.41, 5.74) is 2.17. The lowest BCUT2D eigenvalue weighted by molar-refractivity contribution is 0.228. The number of anilines is 1. The topological polar surface area (TPSA) is 104 Å². The van der Waals surface area contributed by atoms with Crippen molar-refractivity contribution in [1.82, 2.24) is 25.2 Å². The number of urea groups is 1. The SMILES string of the molecule is COc1nccc(OC2CC2)c1-c1c[nH]c2nc(NC(=O)NC[C@@H](F)CN(C)C)ccc12.[HH].[HH].[HH]. The van der Waals surface area contributed by atoms with Crippen LogP contribution in [0, 0.1) is 0 Å². The Morgan fingerprint density at radius 1 is 1.38 bits per heavy atom. The van der Waals surface area contributed by atoms with Crippen LogP contribution in [0.4, 0.5) is 15.0 Å². The number of carbonyl (C=O) groups is 1. The molecule has 10 heteroatoms. The van der Waals surface area contributed by atoms with Crippen LogP contribution < -0.4 is 20.1 Å². The Kier molecular flexibility index (Phi) is 6.40. The predicted octanol–water partition coefficient (Wildman–Crippen LogP) is 3.93. The molecule has 1 atom stereocenters. The second-order valence-corrected chi connectivity index (χ2v) is 8.00. The maximum atomic E-state index is 13.8. The number of pyridine rings is 2. The molecule has 3 aromatic rings. The van der Waals surface area contributed by atoms with Crippen LogP contribution in [0.1, 0.15) is 17.1 Å². The maximum absolute atomic E-state index is 13.8. The summed E-state index contributed by atoms with van der Waals surface area (Å²) in [5, 5.41) is 5.99. The third kappa shape index (κ3) is 5.08. The molecule has 0 aromatic carbocycles. The summed E-state index contributed by atoms with van der Waals surface area (Å²) in [6.07, 6.45) is 4.62. The van der Waals surface area contributed by atoms with E-state index in [4.69, 9.17) is 9.47 Å². The lowest BCUT2D eigenvalue weighted by Crippen LogP contribution is -2.37. The fourth-order valence-corrected chi connectivity index (χ4v) is 3.40. The largest absolute Gasteiger partial charge is 0.490 e. The molecule has 9 nitrogen and oxygen atoms in total. The Morgan fingerprint density at radius 2 is 2.19 bits per heavy atom. The molecule has 32 heavy (non-hydrogen) atoms. The van der Waals surface area contributed by atoms with E-state index in [-0.39, 0.29) is 23.5 Å². The summed E-state index contributed by atoms with van der Waals surface area (Å²) in [7, 11) is 5.12. The molecule has 176 valence electrons. The molecule has 0 unspecified atom stereocenters. The highest BCUT2D eigenvalue weighted by Gasteiger charge is 2.27. The number of hydrogen-bond donors (Lipinski definition) is 3. The van der Waals surface area contributed by atoms with Crippen molar-refractivity contribution in [2.75, 3.05) is 39.6 Å². The van der Waals surface area contributed by atoms with Crippen LogP contribution in [0.3, 0.4) is 0 Å². The number of nitrogens with one attached hydrogen (secondary N) is 3. The average molecular weight is 449 g/mol. The van der Waals surface area contributed by atoms with E-state index in [2.05, 4.69) is 25.6 Å². The van der Waals surface area contributed by atoms with E-state index in [1.54, 1.807) is 38.4 Å². The van der Waals surface area contributed by atoms with E-state index < -0.39 is 12.2 Å². The maximum Gasteiger partial charge on any atom is 0.320 e. The molecule has 1 saturated carbocycles. The first-order chi connectivity index (χ1) is 15.4. The van der Waals surface area contributed by atoms with E-state index in [0.29, 0.717) is 23.1 Å². The normalized spacial score (nSPS) is 14.4. The third-order valence-electron chi connectivity index (χ3n) is 4.99. The molecular weight excluding hydrogens is 415 g/mol. The molecule has 0 saturated heterocycles. The zero-order valence-corrected chi connectivity index (χ0v) is 18.3. The van der Waals surface area contributed by atoms with Gasteiger partial charge in [-0.25, -0.2) is 19.2 Å². The molecule has 2 amide bonds. The van der Waals surface area contributed by atoms with Gasteiger partial charge in [0.1, 0.15) is 23.4 Å². The van der Waals surface area contributed by atoms with Gasteiger partial charge < -0.3 is 24.7 Å². The molecule has 0 spiro atoms. The van der Waals surface area contributed by atoms with Gasteiger partial charge in [0.15, 0.2) is 0 Å². The Bertz CT molecular complexity index is 1110. The second-order valence-electron chi connectivity index (χ2n) is 8.00. The van der Waals surface area contributed by atoms with Crippen molar-refractivity contribution in [3.63, 3.8) is 0 Å². The molecule has 1 aliphatic rings. The van der Waals surface area contributed by atoms with Crippen LogP contribution in [0.2, 0.25) is 0 Å². The Morgan fingerprint density at radius 3 is 2.91 bits per heavy atom. The number of amides is 2. The first-order valence-corrected chi connectivity index (χ1v) is 10.5. The highest BCUT2D eigenvalue weighted by molar-refractivity contribution is 5.98. The number of fused-ring (bicyclic) bond motifs is 1. The molecule has 1 aliphatic carbocycles. The number of rotatable bonds is 9. The molecule has 3 heterocycles. The number of hydrogen-bond acceptors (Lipinski definition) is 6. The lowest BCUT2D eigenvalue weighted by atomic mass is 10.1. The van der Waals surface area contributed by atoms with Gasteiger partial charge in [0.25, 0.3) is 0 Å². The van der Waals surface area contributed by atoms with Crippen molar-refractivity contribution in [2.24, 2.45) is 0 Å². The zero-order chi connectivity index (χ0) is 22.7. The van der Waals surface area contributed by atoms with Crippen molar-refractivity contribution < 1.29 is 22.9 Å². The molecule has 0 aliphatic heterocycles. The molecular formula is C22H33FN6O3. The first-order valence-electron chi connectivity index (χ1n) is 10.5. The minimum absolute atomic E-state index is 0. The van der Waals surface area contributed by atoms with E-state index in [9.17, 15) is 9.18 Å². The van der Waals surface area contributed by atoms with Gasteiger partial charge in [0.05, 0.1) is 25.3 Å². The van der Waals surface area contributed by atoms with E-state index in [1.165, 1.54) is 0 Å². The van der Waals surface area contributed by atoms with Crippen molar-refractivity contribution in [3.05, 3.63) is 30.6 Å². The summed E-state index contributed by atoms with van der Waals surface area (Å²) in [4.78, 5) is 25.7. The standard InChI is InChI=1S/C22H27FN6O3.3H2/c1-29(2)12-13(23)10-26-22(30)28-18-7-6-15-16(11-25-20(15)27-18)19-17(32-14-4-5-14)8-9-24-21(19)31-3;;;/h6-9,11,13-14H,4-5,10,12H2,1-3H3,(H3,25,26,27,28,30);3*1H/t13-;;;/m1.../s1. The van der Waals surface area contributed by atoms with E-state index in [0.717, 1.165) is 29.4 Å². The number of H-pyrrole nitrogens is 1. The Labute approximate surface area is 189 Å². The van der Waals surface area contributed by atoms with Crippen molar-refractivity contribution >= 4 is 22.9 Å². The van der Waals surface area contributed by atoms with Gasteiger partial charge >= 0.3 is 6.03 Å². The van der Waals surface area contributed by atoms with Crippen LogP contribution in [-0.4, -0.2) is 72.5 Å². The number of nitrogens with zero attached hydrogens (tertiary/aromatic N) is 3. The van der Waals surface area contributed by atoms with E-state index in [1.807, 2.05) is 18.3 Å². The number of ether oxygens (including phenoxy) is 2. The fraction of sp³-hybridized carbons (Fsp3) is 0.409. The number of carbonyl (C=O) groups excluding carboxylic acids is 1. The zero-order valence-electron chi connectivity index (χ0n) is 18.3. The number of methoxy groups -OCH3 is 1. The highest BCUT2D eigenvalue weighted by Crippen LogP contribution is 2.42. The number of alkyl halides is 1. The van der Waals surface area contributed by atoms with Gasteiger partial charge in [-0.2, -0.15) is 0 Å². The number of halogens is 1. The van der Waals surface area contributed by atoms with Gasteiger partial charge in [-0.15, -0.1) is 0 Å². The van der Waals surface area contributed by atoms with Crippen LogP contribution in [0.5, 0.6) is 11.6 Å². The Balaban J connectivity index is 0.00000204. The first kappa shape index (κ1) is 21.8. The van der Waals surface area contributed by atoms with Crippen LogP contribution in [-0.2, 0) is 0 Å². The van der Waals surface area contributed by atoms with Gasteiger partial charge in [-0.1, -0.05) is 0 Å². The average Bonchev–Trinajstić information content (AvgIpc) is 3.48. The molecule has 4 rings (SSSR count). The highest BCUT2D eigenvalue weighted by atomic mass is 19.1. The number of aromatic amines is 1. The van der Waals surface area contributed by atoms with Gasteiger partial charge in [0, 0.05) is 34.2 Å². The summed E-state index contributed by atoms with van der Waals surface area (Å²) in [6, 6.07) is 4.85. The summed E-state index contributed by atoms with van der Waals surface area (Å²) >= 11 is 0. The van der Waals surface area contributed by atoms with Crippen LogP contribution >= 0.6 is 0 Å². The minimum Gasteiger partial charge on any atom is -0.490 e. The summed E-state index contributed by atoms with van der Waals surface area (Å²) in [5.74, 6) is 1.52. The minimum atomic E-state index is -1.15. The van der Waals surface area contributed by atoms with Gasteiger partial charge in [-0.3, -0.25) is 5.32 Å². The summed E-state index contributed by atoms with van der Waals surface area (Å²) in [6.45, 7) is 0.156. The van der Waals surface area contributed by atoms with Crippen molar-refractivity contribution in [2.45, 2.75) is 25.1 Å². The van der Waals surface area contributed by atoms with Crippen molar-refractivity contribution in [1.29, 1.82) is 0 Å². The fourth-order valence-electron chi connectivity index (χ4n) is 3.40.